The van der Waals surface area contributed by atoms with Crippen LogP contribution in [-0.4, -0.2) is 6.85 Å². The molecule has 5 heteroatoms. The van der Waals surface area contributed by atoms with Gasteiger partial charge in [0.15, 0.2) is 0 Å². The first-order chi connectivity index (χ1) is 31.8. The van der Waals surface area contributed by atoms with E-state index in [1.54, 1.807) is 0 Å². The van der Waals surface area contributed by atoms with Gasteiger partial charge in [-0.15, -0.1) is 0 Å². The number of rotatable bonds is 3. The summed E-state index contributed by atoms with van der Waals surface area (Å²) in [6.07, 6.45) is 0. The maximum Gasteiger partial charge on any atom is 0.375 e. The first kappa shape index (κ1) is 39.2. The Labute approximate surface area is 387 Å². The van der Waals surface area contributed by atoms with E-state index in [4.69, 9.17) is 8.83 Å². The van der Waals surface area contributed by atoms with Crippen molar-refractivity contribution in [2.45, 2.75) is 71.6 Å². The quantitative estimate of drug-likeness (QED) is 0.166. The van der Waals surface area contributed by atoms with Crippen molar-refractivity contribution in [3.8, 4) is 33.4 Å². The van der Waals surface area contributed by atoms with Gasteiger partial charge in [0.05, 0.1) is 5.69 Å². The lowest BCUT2D eigenvalue weighted by Crippen LogP contribution is -2.61. The lowest BCUT2D eigenvalue weighted by molar-refractivity contribution is 0.590. The maximum atomic E-state index is 7.47. The molecule has 0 N–H and O–H groups in total. The SMILES string of the molecule is CC(C)(C)c1ccc(N2B3c4oc5ccc(-c6ccccc6)cc5c4N(c4ccc(C(C)(C)C)cc4)c4cc5c(c(c43)-c3cc4c(cc32)oc2ccccc24)C(C)(C)c2ccccc2-5)cc1. The summed E-state index contributed by atoms with van der Waals surface area (Å²) in [5.74, 6) is 0. The highest BCUT2D eigenvalue weighted by Gasteiger charge is 2.52. The highest BCUT2D eigenvalue weighted by molar-refractivity contribution is 6.93. The third-order valence-electron chi connectivity index (χ3n) is 14.9. The molecule has 4 nitrogen and oxygen atoms in total. The summed E-state index contributed by atoms with van der Waals surface area (Å²) in [6, 6.07) is 60.8. The van der Waals surface area contributed by atoms with Crippen molar-refractivity contribution in [3.05, 3.63) is 186 Å². The van der Waals surface area contributed by atoms with Crippen molar-refractivity contribution >= 4 is 79.3 Å². The van der Waals surface area contributed by atoms with Crippen LogP contribution in [0.3, 0.4) is 0 Å². The molecule has 2 aromatic heterocycles. The second kappa shape index (κ2) is 13.4. The lowest BCUT2D eigenvalue weighted by Gasteiger charge is -2.45. The van der Waals surface area contributed by atoms with Crippen molar-refractivity contribution < 1.29 is 8.83 Å². The van der Waals surface area contributed by atoms with Gasteiger partial charge >= 0.3 is 6.85 Å². The Bertz CT molecular complexity index is 3640. The van der Waals surface area contributed by atoms with Gasteiger partial charge in [-0.1, -0.05) is 159 Å². The molecule has 66 heavy (non-hydrogen) atoms. The maximum absolute atomic E-state index is 7.47. The van der Waals surface area contributed by atoms with Crippen LogP contribution < -0.4 is 20.8 Å². The van der Waals surface area contributed by atoms with Gasteiger partial charge in [0.1, 0.15) is 22.4 Å². The molecule has 10 aromatic rings. The summed E-state index contributed by atoms with van der Waals surface area (Å²) < 4.78 is 14.2. The molecule has 4 heterocycles. The summed E-state index contributed by atoms with van der Waals surface area (Å²) in [4.78, 5) is 5.09. The zero-order valence-electron chi connectivity index (χ0n) is 38.9. The van der Waals surface area contributed by atoms with E-state index in [1.807, 2.05) is 0 Å². The smallest absolute Gasteiger partial charge is 0.375 e. The second-order valence-electron chi connectivity index (χ2n) is 21.3. The highest BCUT2D eigenvalue weighted by atomic mass is 16.3. The van der Waals surface area contributed by atoms with Crippen LogP contribution in [0.4, 0.5) is 28.4 Å². The van der Waals surface area contributed by atoms with Crippen molar-refractivity contribution in [2.75, 3.05) is 9.71 Å². The second-order valence-corrected chi connectivity index (χ2v) is 21.3. The number of anilines is 5. The minimum atomic E-state index is -0.317. The number of furan rings is 2. The first-order valence-electron chi connectivity index (χ1n) is 23.4. The van der Waals surface area contributed by atoms with Gasteiger partial charge in [0.25, 0.3) is 0 Å². The van der Waals surface area contributed by atoms with E-state index in [0.29, 0.717) is 0 Å². The van der Waals surface area contributed by atoms with Gasteiger partial charge in [0, 0.05) is 56.0 Å². The molecule has 0 saturated heterocycles. The van der Waals surface area contributed by atoms with Gasteiger partial charge in [-0.05, 0) is 121 Å². The molecule has 13 rings (SSSR count). The summed E-state index contributed by atoms with van der Waals surface area (Å²) >= 11 is 0. The summed E-state index contributed by atoms with van der Waals surface area (Å²) in [5, 5.41) is 3.33. The Balaban J connectivity index is 1.20. The molecule has 0 amide bonds. The molecular formula is C61H51BN2O2. The molecule has 8 aromatic carbocycles. The number of hydrogen-bond donors (Lipinski definition) is 0. The van der Waals surface area contributed by atoms with Crippen molar-refractivity contribution in [3.63, 3.8) is 0 Å². The highest BCUT2D eigenvalue weighted by Crippen LogP contribution is 2.59. The van der Waals surface area contributed by atoms with Crippen molar-refractivity contribution in [1.29, 1.82) is 0 Å². The Kier molecular flexibility index (Phi) is 7.96. The number of para-hydroxylation sites is 1. The molecule has 0 spiro atoms. The van der Waals surface area contributed by atoms with E-state index < -0.39 is 0 Å². The van der Waals surface area contributed by atoms with Crippen LogP contribution in [0.25, 0.3) is 66.3 Å². The first-order valence-corrected chi connectivity index (χ1v) is 23.4. The fourth-order valence-electron chi connectivity index (χ4n) is 11.6. The minimum absolute atomic E-state index is 0.000968. The number of benzene rings is 8. The van der Waals surface area contributed by atoms with Gasteiger partial charge in [0.2, 0.25) is 0 Å². The molecule has 3 aliphatic rings. The molecule has 1 aliphatic carbocycles. The average molecular weight is 855 g/mol. The molecule has 320 valence electrons. The topological polar surface area (TPSA) is 32.8 Å². The Morgan fingerprint density at radius 3 is 1.86 bits per heavy atom. The van der Waals surface area contributed by atoms with E-state index in [0.717, 1.165) is 66.9 Å². The Morgan fingerprint density at radius 1 is 0.485 bits per heavy atom. The number of nitrogens with zero attached hydrogens (tertiary/aromatic N) is 2. The molecule has 0 saturated carbocycles. The van der Waals surface area contributed by atoms with Gasteiger partial charge in [-0.3, -0.25) is 0 Å². The van der Waals surface area contributed by atoms with Crippen molar-refractivity contribution in [2.24, 2.45) is 0 Å². The normalized spacial score (nSPS) is 14.7. The molecule has 0 atom stereocenters. The lowest BCUT2D eigenvalue weighted by atomic mass is 9.45. The summed E-state index contributed by atoms with van der Waals surface area (Å²) in [6.45, 7) is 18.2. The zero-order chi connectivity index (χ0) is 45.0. The number of fused-ring (bicyclic) bond motifs is 13. The summed E-state index contributed by atoms with van der Waals surface area (Å²) in [7, 11) is 0. The molecule has 0 unspecified atom stereocenters. The largest absolute Gasteiger partial charge is 0.466 e. The monoisotopic (exact) mass is 854 g/mol. The van der Waals surface area contributed by atoms with E-state index in [9.17, 15) is 0 Å². The summed E-state index contributed by atoms with van der Waals surface area (Å²) in [5.41, 5.74) is 22.8. The van der Waals surface area contributed by atoms with E-state index in [1.165, 1.54) is 61.2 Å². The van der Waals surface area contributed by atoms with Crippen LogP contribution in [0, 0.1) is 0 Å². The standard InChI is InChI=1S/C61H51BN2O2/c1-59(2,3)38-23-27-40(28-24-38)63-50-34-45-42-18-12-14-20-48(42)61(7,8)55(45)54-46-33-44-43-19-13-15-21-51(43)65-53(44)35-49(46)64(41-29-25-39(26-30-41)60(4,5)6)62(56(50)54)58-57(63)47-32-37(22-31-52(47)66-58)36-16-10-9-11-17-36/h9-35H,1-8H3. The van der Waals surface area contributed by atoms with E-state index >= 15 is 0 Å². The third kappa shape index (κ3) is 5.46. The molecule has 2 aliphatic heterocycles. The zero-order valence-corrected chi connectivity index (χ0v) is 38.9. The predicted molar refractivity (Wildman–Crippen MR) is 278 cm³/mol. The average Bonchev–Trinajstić information content (AvgIpc) is 3.95. The van der Waals surface area contributed by atoms with Gasteiger partial charge < -0.3 is 18.5 Å². The fraction of sp³-hybridized carbons (Fsp3) is 0.180. The van der Waals surface area contributed by atoms with Crippen LogP contribution >= 0.6 is 0 Å². The van der Waals surface area contributed by atoms with Crippen LogP contribution in [0.15, 0.2) is 173 Å². The van der Waals surface area contributed by atoms with Gasteiger partial charge in [-0.2, -0.15) is 0 Å². The van der Waals surface area contributed by atoms with Crippen LogP contribution in [0.2, 0.25) is 0 Å². The Hall–Kier alpha value is -7.24. The number of hydrogen-bond acceptors (Lipinski definition) is 4. The third-order valence-corrected chi connectivity index (χ3v) is 14.9. The van der Waals surface area contributed by atoms with Gasteiger partial charge in [-0.25, -0.2) is 0 Å². The molecule has 0 radical (unpaired) electrons. The van der Waals surface area contributed by atoms with Crippen molar-refractivity contribution in [1.82, 2.24) is 0 Å². The van der Waals surface area contributed by atoms with Crippen LogP contribution in [0.1, 0.15) is 77.6 Å². The fourth-order valence-corrected chi connectivity index (χ4v) is 11.6. The molecule has 0 fully saturated rings. The molecule has 0 bridgehead atoms. The minimum Gasteiger partial charge on any atom is -0.466 e. The Morgan fingerprint density at radius 2 is 1.14 bits per heavy atom. The van der Waals surface area contributed by atoms with E-state index in [-0.39, 0.29) is 23.1 Å². The predicted octanol–water partition coefficient (Wildman–Crippen LogP) is 15.6. The van der Waals surface area contributed by atoms with Crippen LogP contribution in [0.5, 0.6) is 0 Å². The van der Waals surface area contributed by atoms with E-state index in [2.05, 4.69) is 229 Å². The molecular weight excluding hydrogens is 803 g/mol. The van der Waals surface area contributed by atoms with Crippen LogP contribution in [-0.2, 0) is 16.2 Å².